The van der Waals surface area contributed by atoms with E-state index in [0.29, 0.717) is 44.4 Å². The lowest BCUT2D eigenvalue weighted by Gasteiger charge is -2.36. The Balaban J connectivity index is 1.55. The van der Waals surface area contributed by atoms with Crippen molar-refractivity contribution in [3.05, 3.63) is 105 Å². The molecule has 0 saturated carbocycles. The zero-order valence-corrected chi connectivity index (χ0v) is 30.3. The molecule has 0 radical (unpaired) electrons. The number of hydrogen-bond donors (Lipinski definition) is 0. The first-order valence-corrected chi connectivity index (χ1v) is 16.7. The van der Waals surface area contributed by atoms with Gasteiger partial charge in [-0.05, 0) is 80.3 Å². The van der Waals surface area contributed by atoms with E-state index in [1.54, 1.807) is 24.3 Å². The number of rotatable bonds is 2. The van der Waals surface area contributed by atoms with Crippen molar-refractivity contribution in [2.24, 2.45) is 0 Å². The average molecular weight is 643 g/mol. The van der Waals surface area contributed by atoms with Crippen LogP contribution in [0.3, 0.4) is 0 Å². The highest BCUT2D eigenvalue weighted by molar-refractivity contribution is 6.42. The van der Waals surface area contributed by atoms with Gasteiger partial charge in [-0.2, -0.15) is 0 Å². The van der Waals surface area contributed by atoms with E-state index in [2.05, 4.69) is 95.2 Å². The molecule has 2 heterocycles. The van der Waals surface area contributed by atoms with Crippen LogP contribution in [0, 0.1) is 0 Å². The molecule has 0 atom stereocenters. The van der Waals surface area contributed by atoms with E-state index in [1.807, 2.05) is 24.3 Å². The molecule has 0 fully saturated rings. The monoisotopic (exact) mass is 642 g/mol. The predicted octanol–water partition coefficient (Wildman–Crippen LogP) is 9.63. The molecule has 0 spiro atoms. The van der Waals surface area contributed by atoms with Gasteiger partial charge in [0.1, 0.15) is 0 Å². The zero-order chi connectivity index (χ0) is 35.5. The van der Waals surface area contributed by atoms with Gasteiger partial charge in [0.05, 0.1) is 11.4 Å². The smallest absolute Gasteiger partial charge is 0.265 e. The maximum atomic E-state index is 14.4. The fraction of sp³-hybridized carbons (Fsp3) is 0.381. The largest absolute Gasteiger partial charge is 0.268 e. The Hall–Kier alpha value is -4.58. The van der Waals surface area contributed by atoms with Gasteiger partial charge in [0.15, 0.2) is 0 Å². The molecule has 2 aliphatic rings. The molecule has 4 aromatic carbocycles. The van der Waals surface area contributed by atoms with Gasteiger partial charge in [-0.3, -0.25) is 19.2 Å². The molecule has 0 aliphatic carbocycles. The zero-order valence-electron chi connectivity index (χ0n) is 30.3. The Labute approximate surface area is 284 Å². The number of carbonyl (C=O) groups is 4. The van der Waals surface area contributed by atoms with Crippen LogP contribution in [0.2, 0.25) is 0 Å². The standard InChI is InChI=1S/C42H46N2O4/c1-39(2,3)23-13-19-29(41(7,8)9)31(21-23)43-35(45)25-15-17-27-34-28(18-16-26(33(25)34)36(43)46)38(48)44(37(27)47)32-22-24(40(4,5)6)14-20-30(32)42(10,11)12/h13-22H,1-12H3. The highest BCUT2D eigenvalue weighted by Crippen LogP contribution is 2.45. The normalized spacial score (nSPS) is 15.6. The van der Waals surface area contributed by atoms with Gasteiger partial charge in [-0.15, -0.1) is 0 Å². The maximum Gasteiger partial charge on any atom is 0.265 e. The minimum atomic E-state index is -0.469. The van der Waals surface area contributed by atoms with Gasteiger partial charge >= 0.3 is 0 Å². The molecule has 4 amide bonds. The molecule has 0 aromatic heterocycles. The van der Waals surface area contributed by atoms with E-state index in [0.717, 1.165) is 22.3 Å². The van der Waals surface area contributed by atoms with E-state index in [1.165, 1.54) is 9.80 Å². The third-order valence-electron chi connectivity index (χ3n) is 9.72. The van der Waals surface area contributed by atoms with Gasteiger partial charge in [-0.1, -0.05) is 107 Å². The lowest BCUT2D eigenvalue weighted by atomic mass is 9.79. The summed E-state index contributed by atoms with van der Waals surface area (Å²) in [5.74, 6) is -1.88. The number of anilines is 2. The predicted molar refractivity (Wildman–Crippen MR) is 194 cm³/mol. The van der Waals surface area contributed by atoms with Crippen LogP contribution in [0.1, 0.15) is 147 Å². The van der Waals surface area contributed by atoms with Crippen molar-refractivity contribution in [2.75, 3.05) is 9.80 Å². The third-order valence-corrected chi connectivity index (χ3v) is 9.72. The Morgan fingerprint density at radius 2 is 0.646 bits per heavy atom. The van der Waals surface area contributed by atoms with Gasteiger partial charge in [0.2, 0.25) is 0 Å². The van der Waals surface area contributed by atoms with E-state index >= 15 is 0 Å². The highest BCUT2D eigenvalue weighted by Gasteiger charge is 2.43. The molecule has 0 N–H and O–H groups in total. The van der Waals surface area contributed by atoms with Crippen LogP contribution in [0.15, 0.2) is 60.7 Å². The number of nitrogens with zero attached hydrogens (tertiary/aromatic N) is 2. The number of carbonyl (C=O) groups excluding carboxylic acids is 4. The highest BCUT2D eigenvalue weighted by atomic mass is 16.2. The Bertz CT molecular complexity index is 1870. The number of imide groups is 2. The molecule has 0 bridgehead atoms. The summed E-state index contributed by atoms with van der Waals surface area (Å²) in [6.07, 6.45) is 0. The van der Waals surface area contributed by atoms with Crippen molar-refractivity contribution in [3.63, 3.8) is 0 Å². The van der Waals surface area contributed by atoms with Gasteiger partial charge in [0, 0.05) is 33.0 Å². The summed E-state index contributed by atoms with van der Waals surface area (Å²) in [4.78, 5) is 60.3. The fourth-order valence-corrected chi connectivity index (χ4v) is 6.95. The summed E-state index contributed by atoms with van der Waals surface area (Å²) >= 11 is 0. The Morgan fingerprint density at radius 1 is 0.375 bits per heavy atom. The average Bonchev–Trinajstić information content (AvgIpc) is 2.97. The second kappa shape index (κ2) is 10.5. The fourth-order valence-electron chi connectivity index (χ4n) is 6.95. The second-order valence-electron chi connectivity index (χ2n) is 17.4. The van der Waals surface area contributed by atoms with Gasteiger partial charge in [-0.25, -0.2) is 9.80 Å². The Kier molecular flexibility index (Phi) is 7.26. The van der Waals surface area contributed by atoms with Crippen LogP contribution in [0.25, 0.3) is 10.8 Å². The van der Waals surface area contributed by atoms with Gasteiger partial charge in [0.25, 0.3) is 23.6 Å². The molecule has 2 aliphatic heterocycles. The number of benzene rings is 4. The van der Waals surface area contributed by atoms with E-state index < -0.39 is 23.6 Å². The molecular formula is C42H46N2O4. The van der Waals surface area contributed by atoms with Crippen LogP contribution in [0.5, 0.6) is 0 Å². The molecule has 0 unspecified atom stereocenters. The minimum absolute atomic E-state index is 0.211. The van der Waals surface area contributed by atoms with Crippen molar-refractivity contribution in [3.8, 4) is 0 Å². The van der Waals surface area contributed by atoms with E-state index in [-0.39, 0.29) is 21.7 Å². The molecule has 248 valence electrons. The van der Waals surface area contributed by atoms with Crippen molar-refractivity contribution < 1.29 is 19.2 Å². The summed E-state index contributed by atoms with van der Waals surface area (Å²) in [5, 5.41) is 0.725. The van der Waals surface area contributed by atoms with Crippen LogP contribution >= 0.6 is 0 Å². The first kappa shape index (κ1) is 33.3. The van der Waals surface area contributed by atoms with Gasteiger partial charge < -0.3 is 0 Å². The molecule has 0 saturated heterocycles. The van der Waals surface area contributed by atoms with E-state index in [9.17, 15) is 19.2 Å². The first-order valence-electron chi connectivity index (χ1n) is 16.7. The topological polar surface area (TPSA) is 74.8 Å². The van der Waals surface area contributed by atoms with Crippen LogP contribution < -0.4 is 9.80 Å². The molecule has 48 heavy (non-hydrogen) atoms. The molecule has 6 rings (SSSR count). The van der Waals surface area contributed by atoms with E-state index in [4.69, 9.17) is 0 Å². The third kappa shape index (κ3) is 5.08. The quantitative estimate of drug-likeness (QED) is 0.204. The van der Waals surface area contributed by atoms with Crippen LogP contribution in [-0.2, 0) is 21.7 Å². The van der Waals surface area contributed by atoms with Crippen molar-refractivity contribution in [2.45, 2.75) is 105 Å². The molecular weight excluding hydrogens is 596 g/mol. The van der Waals surface area contributed by atoms with Crippen molar-refractivity contribution in [1.29, 1.82) is 0 Å². The van der Waals surface area contributed by atoms with Crippen LogP contribution in [0.4, 0.5) is 11.4 Å². The Morgan fingerprint density at radius 3 is 0.875 bits per heavy atom. The molecule has 4 aromatic rings. The van der Waals surface area contributed by atoms with Crippen molar-refractivity contribution >= 4 is 45.8 Å². The SMILES string of the molecule is CC(C)(C)c1ccc(C(C)(C)C)c(N2C(=O)c3ccc4c5c(ccc(c35)C2=O)C(=O)N(c2cc(C(C)(C)C)ccc2C(C)(C)C)C4=O)c1. The molecule has 6 nitrogen and oxygen atoms in total. The molecule has 6 heteroatoms. The lowest BCUT2D eigenvalue weighted by molar-refractivity contribution is 0.0872. The number of hydrogen-bond acceptors (Lipinski definition) is 4. The lowest BCUT2D eigenvalue weighted by Crippen LogP contribution is -2.44. The van der Waals surface area contributed by atoms with Crippen molar-refractivity contribution in [1.82, 2.24) is 0 Å². The summed E-state index contributed by atoms with van der Waals surface area (Å²) in [6, 6.07) is 18.6. The summed E-state index contributed by atoms with van der Waals surface area (Å²) in [6.45, 7) is 25.0. The number of amides is 4. The minimum Gasteiger partial charge on any atom is -0.268 e. The maximum absolute atomic E-state index is 14.4. The summed E-state index contributed by atoms with van der Waals surface area (Å²) in [7, 11) is 0. The second-order valence-corrected chi connectivity index (χ2v) is 17.4. The van der Waals surface area contributed by atoms with Crippen LogP contribution in [-0.4, -0.2) is 23.6 Å². The summed E-state index contributed by atoms with van der Waals surface area (Å²) in [5.41, 5.74) is 4.92. The first-order chi connectivity index (χ1) is 22.0. The summed E-state index contributed by atoms with van der Waals surface area (Å²) < 4.78 is 0.